The summed E-state index contributed by atoms with van der Waals surface area (Å²) in [5, 5.41) is 10.2. The summed E-state index contributed by atoms with van der Waals surface area (Å²) in [4.78, 5) is 19.7. The molecule has 2 N–H and O–H groups in total. The maximum atomic E-state index is 11.2. The van der Waals surface area contributed by atoms with Gasteiger partial charge in [0.1, 0.15) is 0 Å². The molecular formula is C18H24N3O2+. The van der Waals surface area contributed by atoms with Crippen molar-refractivity contribution in [2.75, 3.05) is 32.1 Å². The molecule has 0 spiro atoms. The van der Waals surface area contributed by atoms with Crippen molar-refractivity contribution in [3.63, 3.8) is 0 Å². The van der Waals surface area contributed by atoms with E-state index < -0.39 is 5.97 Å². The highest BCUT2D eigenvalue weighted by molar-refractivity contribution is 5.97. The fourth-order valence-corrected chi connectivity index (χ4v) is 3.44. The van der Waals surface area contributed by atoms with Crippen LogP contribution in [0.4, 0.5) is 5.69 Å². The van der Waals surface area contributed by atoms with Crippen LogP contribution in [0.5, 0.6) is 0 Å². The largest absolute Gasteiger partial charge is 0.478 e. The molecule has 0 amide bonds. The molecule has 0 bridgehead atoms. The predicted octanol–water partition coefficient (Wildman–Crippen LogP) is 1.35. The third-order valence-electron chi connectivity index (χ3n) is 4.90. The van der Waals surface area contributed by atoms with Crippen LogP contribution in [0.3, 0.4) is 0 Å². The van der Waals surface area contributed by atoms with Gasteiger partial charge in [0.05, 0.1) is 31.2 Å². The van der Waals surface area contributed by atoms with Gasteiger partial charge in [-0.2, -0.15) is 0 Å². The summed E-state index contributed by atoms with van der Waals surface area (Å²) in [5.74, 6) is -0.914. The summed E-state index contributed by atoms with van der Waals surface area (Å²) in [6, 6.07) is 7.85. The van der Waals surface area contributed by atoms with Gasteiger partial charge in [-0.25, -0.2) is 4.79 Å². The Morgan fingerprint density at radius 3 is 2.65 bits per heavy atom. The molecule has 3 rings (SSSR count). The maximum absolute atomic E-state index is 11.2. The highest BCUT2D eigenvalue weighted by Gasteiger charge is 2.24. The van der Waals surface area contributed by atoms with E-state index in [4.69, 9.17) is 0 Å². The Kier molecular flexibility index (Phi) is 4.22. The van der Waals surface area contributed by atoms with Crippen molar-refractivity contribution in [2.24, 2.45) is 0 Å². The zero-order valence-electron chi connectivity index (χ0n) is 14.0. The van der Waals surface area contributed by atoms with Gasteiger partial charge in [0, 0.05) is 42.7 Å². The Labute approximate surface area is 136 Å². The van der Waals surface area contributed by atoms with Crippen molar-refractivity contribution >= 4 is 22.6 Å². The number of carboxylic acids is 1. The summed E-state index contributed by atoms with van der Waals surface area (Å²) < 4.78 is 0. The predicted molar refractivity (Wildman–Crippen MR) is 91.5 cm³/mol. The lowest BCUT2D eigenvalue weighted by molar-refractivity contribution is -0.884. The number of aromatic carboxylic acids is 1. The van der Waals surface area contributed by atoms with Gasteiger partial charge in [-0.05, 0) is 31.2 Å². The number of pyridine rings is 1. The standard InChI is InChI=1S/C18H23N3O2/c1-12-10-17(21(3)14-6-8-20(2)9-7-14)15-5-4-13(18(22)23)11-16(15)19-12/h4-5,10-11,14H,6-9H2,1-3H3,(H,22,23)/p+1. The molecule has 0 radical (unpaired) electrons. The number of hydrogen-bond acceptors (Lipinski definition) is 3. The monoisotopic (exact) mass is 314 g/mol. The number of carbonyl (C=O) groups is 1. The Hall–Kier alpha value is -2.14. The zero-order valence-corrected chi connectivity index (χ0v) is 14.0. The number of likely N-dealkylation sites (tertiary alicyclic amines) is 1. The molecule has 1 aromatic heterocycles. The van der Waals surface area contributed by atoms with Gasteiger partial charge >= 0.3 is 5.97 Å². The van der Waals surface area contributed by atoms with E-state index in [0.717, 1.165) is 22.3 Å². The molecule has 1 aliphatic rings. The quantitative estimate of drug-likeness (QED) is 0.898. The number of carboxylic acid groups (broad SMARTS) is 1. The molecule has 5 nitrogen and oxygen atoms in total. The van der Waals surface area contributed by atoms with Gasteiger partial charge in [0.2, 0.25) is 0 Å². The number of anilines is 1. The highest BCUT2D eigenvalue weighted by atomic mass is 16.4. The number of fused-ring (bicyclic) bond motifs is 1. The summed E-state index contributed by atoms with van der Waals surface area (Å²) in [5.41, 5.74) is 3.10. The molecule has 1 saturated heterocycles. The average Bonchev–Trinajstić information content (AvgIpc) is 2.53. The van der Waals surface area contributed by atoms with E-state index in [2.05, 4.69) is 30.0 Å². The second-order valence-corrected chi connectivity index (χ2v) is 6.62. The second kappa shape index (κ2) is 6.16. The van der Waals surface area contributed by atoms with Gasteiger partial charge in [-0.1, -0.05) is 0 Å². The SMILES string of the molecule is Cc1cc(N(C)C2CC[NH+](C)CC2)c2ccc(C(=O)O)cc2n1. The van der Waals surface area contributed by atoms with Crippen LogP contribution in [0.25, 0.3) is 10.9 Å². The van der Waals surface area contributed by atoms with E-state index in [-0.39, 0.29) is 5.56 Å². The first-order valence-electron chi connectivity index (χ1n) is 8.14. The summed E-state index contributed by atoms with van der Waals surface area (Å²) >= 11 is 0. The Morgan fingerprint density at radius 1 is 1.30 bits per heavy atom. The first-order valence-corrected chi connectivity index (χ1v) is 8.14. The molecule has 0 atom stereocenters. The van der Waals surface area contributed by atoms with Gasteiger partial charge < -0.3 is 14.9 Å². The van der Waals surface area contributed by atoms with Crippen molar-refractivity contribution in [2.45, 2.75) is 25.8 Å². The van der Waals surface area contributed by atoms with Crippen LogP contribution in [0, 0.1) is 6.92 Å². The first kappa shape index (κ1) is 15.7. The minimum atomic E-state index is -0.914. The summed E-state index contributed by atoms with van der Waals surface area (Å²) in [7, 11) is 4.39. The molecule has 0 saturated carbocycles. The third kappa shape index (κ3) is 3.15. The number of aryl methyl sites for hydroxylation is 1. The summed E-state index contributed by atoms with van der Waals surface area (Å²) in [6.07, 6.45) is 2.36. The molecular weight excluding hydrogens is 290 g/mol. The molecule has 1 aromatic carbocycles. The number of nitrogens with one attached hydrogen (secondary N) is 1. The normalized spacial score (nSPS) is 21.3. The number of quaternary nitrogens is 1. The van der Waals surface area contributed by atoms with Crippen LogP contribution in [0.2, 0.25) is 0 Å². The molecule has 2 heterocycles. The van der Waals surface area contributed by atoms with Gasteiger partial charge in [-0.15, -0.1) is 0 Å². The van der Waals surface area contributed by atoms with E-state index >= 15 is 0 Å². The van der Waals surface area contributed by atoms with E-state index in [1.54, 1.807) is 17.0 Å². The van der Waals surface area contributed by atoms with Gasteiger partial charge in [0.25, 0.3) is 0 Å². The molecule has 122 valence electrons. The molecule has 5 heteroatoms. The van der Waals surface area contributed by atoms with E-state index in [1.165, 1.54) is 25.9 Å². The summed E-state index contributed by atoms with van der Waals surface area (Å²) in [6.45, 7) is 4.35. The Morgan fingerprint density at radius 2 is 2.00 bits per heavy atom. The molecule has 1 fully saturated rings. The van der Waals surface area contributed by atoms with Crippen molar-refractivity contribution in [3.8, 4) is 0 Å². The topological polar surface area (TPSA) is 57.9 Å². The lowest BCUT2D eigenvalue weighted by Gasteiger charge is -2.35. The lowest BCUT2D eigenvalue weighted by Crippen LogP contribution is -3.10. The van der Waals surface area contributed by atoms with E-state index in [9.17, 15) is 9.90 Å². The number of rotatable bonds is 3. The van der Waals surface area contributed by atoms with Crippen molar-refractivity contribution in [1.82, 2.24) is 4.98 Å². The molecule has 0 unspecified atom stereocenters. The van der Waals surface area contributed by atoms with Crippen LogP contribution in [-0.4, -0.2) is 49.3 Å². The van der Waals surface area contributed by atoms with Gasteiger partial charge in [-0.3, -0.25) is 4.98 Å². The molecule has 0 aliphatic carbocycles. The van der Waals surface area contributed by atoms with Crippen LogP contribution in [0.1, 0.15) is 28.9 Å². The lowest BCUT2D eigenvalue weighted by atomic mass is 10.0. The van der Waals surface area contributed by atoms with Crippen molar-refractivity contribution < 1.29 is 14.8 Å². The molecule has 23 heavy (non-hydrogen) atoms. The average molecular weight is 314 g/mol. The highest BCUT2D eigenvalue weighted by Crippen LogP contribution is 2.29. The van der Waals surface area contributed by atoms with Crippen molar-refractivity contribution in [3.05, 3.63) is 35.5 Å². The fourth-order valence-electron chi connectivity index (χ4n) is 3.44. The fraction of sp³-hybridized carbons (Fsp3) is 0.444. The second-order valence-electron chi connectivity index (χ2n) is 6.62. The zero-order chi connectivity index (χ0) is 16.6. The smallest absolute Gasteiger partial charge is 0.335 e. The maximum Gasteiger partial charge on any atom is 0.335 e. The molecule has 2 aromatic rings. The number of nitrogens with zero attached hydrogens (tertiary/aromatic N) is 2. The van der Waals surface area contributed by atoms with E-state index in [0.29, 0.717) is 6.04 Å². The Bertz CT molecular complexity index is 736. The third-order valence-corrected chi connectivity index (χ3v) is 4.90. The number of benzene rings is 1. The minimum absolute atomic E-state index is 0.284. The molecule has 1 aliphatic heterocycles. The number of hydrogen-bond donors (Lipinski definition) is 2. The van der Waals surface area contributed by atoms with Gasteiger partial charge in [0.15, 0.2) is 0 Å². The van der Waals surface area contributed by atoms with Crippen LogP contribution in [-0.2, 0) is 0 Å². The van der Waals surface area contributed by atoms with Crippen LogP contribution >= 0.6 is 0 Å². The van der Waals surface area contributed by atoms with Crippen LogP contribution in [0.15, 0.2) is 24.3 Å². The number of aromatic nitrogens is 1. The van der Waals surface area contributed by atoms with E-state index in [1.807, 2.05) is 13.0 Å². The van der Waals surface area contributed by atoms with Crippen LogP contribution < -0.4 is 9.80 Å². The minimum Gasteiger partial charge on any atom is -0.478 e. The van der Waals surface area contributed by atoms with Crippen molar-refractivity contribution in [1.29, 1.82) is 0 Å². The number of piperidine rings is 1. The first-order chi connectivity index (χ1) is 11.0. The Balaban J connectivity index is 2.01.